The van der Waals surface area contributed by atoms with Gasteiger partial charge in [-0.1, -0.05) is 17.7 Å². The van der Waals surface area contributed by atoms with E-state index in [2.05, 4.69) is 24.2 Å². The van der Waals surface area contributed by atoms with Crippen molar-refractivity contribution in [3.8, 4) is 0 Å². The SMILES string of the molecule is Cc1ccc(N2COC=N2)cc1. The third-order valence-corrected chi connectivity index (χ3v) is 1.79. The fourth-order valence-electron chi connectivity index (χ4n) is 1.09. The maximum absolute atomic E-state index is 4.98. The summed E-state index contributed by atoms with van der Waals surface area (Å²) in [5, 5.41) is 5.83. The van der Waals surface area contributed by atoms with Crippen molar-refractivity contribution in [1.29, 1.82) is 0 Å². The Hall–Kier alpha value is -1.51. The number of hydrogen-bond acceptors (Lipinski definition) is 3. The van der Waals surface area contributed by atoms with E-state index in [1.54, 1.807) is 5.01 Å². The van der Waals surface area contributed by atoms with Crippen LogP contribution in [0.4, 0.5) is 5.69 Å². The zero-order valence-corrected chi connectivity index (χ0v) is 6.90. The van der Waals surface area contributed by atoms with E-state index < -0.39 is 0 Å². The first-order valence-electron chi connectivity index (χ1n) is 3.84. The Morgan fingerprint density at radius 1 is 1.33 bits per heavy atom. The van der Waals surface area contributed by atoms with Gasteiger partial charge < -0.3 is 4.74 Å². The number of aryl methyl sites for hydroxylation is 1. The van der Waals surface area contributed by atoms with E-state index in [1.807, 2.05) is 12.1 Å². The number of ether oxygens (including phenoxy) is 1. The average Bonchev–Trinajstić information content (AvgIpc) is 2.58. The predicted molar refractivity (Wildman–Crippen MR) is 48.1 cm³/mol. The van der Waals surface area contributed by atoms with Crippen LogP contribution in [0.15, 0.2) is 29.4 Å². The molecule has 0 aliphatic carbocycles. The van der Waals surface area contributed by atoms with Gasteiger partial charge in [0.05, 0.1) is 5.69 Å². The van der Waals surface area contributed by atoms with Gasteiger partial charge in [-0.3, -0.25) is 0 Å². The molecule has 0 amide bonds. The fourth-order valence-corrected chi connectivity index (χ4v) is 1.09. The van der Waals surface area contributed by atoms with E-state index in [0.29, 0.717) is 6.73 Å². The van der Waals surface area contributed by atoms with Gasteiger partial charge in [0.15, 0.2) is 13.1 Å². The van der Waals surface area contributed by atoms with Crippen molar-refractivity contribution < 1.29 is 4.74 Å². The minimum atomic E-state index is 0.517. The standard InChI is InChI=1S/C9H10N2O/c1-8-2-4-9(5-3-8)11-7-12-6-10-11/h2-6H,7H2,1H3. The molecule has 0 aromatic heterocycles. The molecule has 3 nitrogen and oxygen atoms in total. The zero-order valence-electron chi connectivity index (χ0n) is 6.90. The Kier molecular flexibility index (Phi) is 1.70. The summed E-state index contributed by atoms with van der Waals surface area (Å²) in [4.78, 5) is 0. The minimum Gasteiger partial charge on any atom is -0.459 e. The Morgan fingerprint density at radius 3 is 2.67 bits per heavy atom. The van der Waals surface area contributed by atoms with Crippen LogP contribution in [0.3, 0.4) is 0 Å². The molecule has 0 fully saturated rings. The molecular weight excluding hydrogens is 152 g/mol. The molecule has 0 saturated carbocycles. The van der Waals surface area contributed by atoms with E-state index >= 15 is 0 Å². The van der Waals surface area contributed by atoms with Crippen molar-refractivity contribution in [2.45, 2.75) is 6.92 Å². The largest absolute Gasteiger partial charge is 0.459 e. The number of rotatable bonds is 1. The van der Waals surface area contributed by atoms with Gasteiger partial charge in [0.1, 0.15) is 0 Å². The molecule has 3 heteroatoms. The second-order valence-electron chi connectivity index (χ2n) is 2.75. The van der Waals surface area contributed by atoms with Gasteiger partial charge >= 0.3 is 0 Å². The Bertz CT molecular complexity index is 292. The van der Waals surface area contributed by atoms with Gasteiger partial charge in [-0.05, 0) is 19.1 Å². The van der Waals surface area contributed by atoms with Crippen molar-refractivity contribution >= 4 is 12.1 Å². The van der Waals surface area contributed by atoms with Gasteiger partial charge in [0.25, 0.3) is 0 Å². The molecule has 0 atom stereocenters. The van der Waals surface area contributed by atoms with Crippen LogP contribution in [0, 0.1) is 6.92 Å². The van der Waals surface area contributed by atoms with Crippen LogP contribution in [0.1, 0.15) is 5.56 Å². The fraction of sp³-hybridized carbons (Fsp3) is 0.222. The van der Waals surface area contributed by atoms with Crippen molar-refractivity contribution in [2.24, 2.45) is 5.10 Å². The summed E-state index contributed by atoms with van der Waals surface area (Å²) in [6, 6.07) is 8.18. The molecule has 1 heterocycles. The second-order valence-corrected chi connectivity index (χ2v) is 2.75. The summed E-state index contributed by atoms with van der Waals surface area (Å²) >= 11 is 0. The van der Waals surface area contributed by atoms with Crippen LogP contribution < -0.4 is 5.01 Å². The van der Waals surface area contributed by atoms with Crippen LogP contribution >= 0.6 is 0 Å². The Balaban J connectivity index is 2.23. The normalized spacial score (nSPS) is 14.9. The van der Waals surface area contributed by atoms with Crippen molar-refractivity contribution in [2.75, 3.05) is 11.7 Å². The predicted octanol–water partition coefficient (Wildman–Crippen LogP) is 1.73. The molecule has 2 rings (SSSR count). The molecule has 1 aliphatic rings. The van der Waals surface area contributed by atoms with E-state index in [9.17, 15) is 0 Å². The minimum absolute atomic E-state index is 0.517. The molecule has 1 aromatic rings. The molecule has 12 heavy (non-hydrogen) atoms. The molecule has 62 valence electrons. The third-order valence-electron chi connectivity index (χ3n) is 1.79. The van der Waals surface area contributed by atoms with Crippen LogP contribution in [-0.2, 0) is 4.74 Å². The highest BCUT2D eigenvalue weighted by Gasteiger charge is 2.07. The molecule has 0 spiro atoms. The summed E-state index contributed by atoms with van der Waals surface area (Å²) in [7, 11) is 0. The highest BCUT2D eigenvalue weighted by molar-refractivity contribution is 5.56. The first-order valence-corrected chi connectivity index (χ1v) is 3.84. The Labute approximate surface area is 71.3 Å². The average molecular weight is 162 g/mol. The van der Waals surface area contributed by atoms with E-state index in [4.69, 9.17) is 4.74 Å². The lowest BCUT2D eigenvalue weighted by atomic mass is 10.2. The lowest BCUT2D eigenvalue weighted by Crippen LogP contribution is -2.12. The summed E-state index contributed by atoms with van der Waals surface area (Å²) < 4.78 is 4.98. The van der Waals surface area contributed by atoms with Crippen LogP contribution in [0.25, 0.3) is 0 Å². The van der Waals surface area contributed by atoms with Gasteiger partial charge in [0.2, 0.25) is 0 Å². The highest BCUT2D eigenvalue weighted by Crippen LogP contribution is 2.16. The maximum atomic E-state index is 4.98. The first kappa shape index (κ1) is 7.16. The second kappa shape index (κ2) is 2.85. The molecule has 0 bridgehead atoms. The number of nitrogens with zero attached hydrogens (tertiary/aromatic N) is 2. The summed E-state index contributed by atoms with van der Waals surface area (Å²) in [6.07, 6.45) is 1.46. The summed E-state index contributed by atoms with van der Waals surface area (Å²) in [6.45, 7) is 2.58. The zero-order chi connectivity index (χ0) is 8.39. The van der Waals surface area contributed by atoms with Crippen LogP contribution in [-0.4, -0.2) is 13.1 Å². The van der Waals surface area contributed by atoms with Crippen molar-refractivity contribution in [3.63, 3.8) is 0 Å². The highest BCUT2D eigenvalue weighted by atomic mass is 16.5. The number of hydrazone groups is 1. The smallest absolute Gasteiger partial charge is 0.195 e. The lowest BCUT2D eigenvalue weighted by molar-refractivity contribution is 0.350. The molecule has 1 aromatic carbocycles. The molecule has 0 saturated heterocycles. The van der Waals surface area contributed by atoms with Gasteiger partial charge in [-0.25, -0.2) is 5.01 Å². The first-order chi connectivity index (χ1) is 5.86. The number of benzene rings is 1. The topological polar surface area (TPSA) is 24.8 Å². The van der Waals surface area contributed by atoms with Crippen LogP contribution in [0.2, 0.25) is 0 Å². The quantitative estimate of drug-likeness (QED) is 0.628. The van der Waals surface area contributed by atoms with Gasteiger partial charge in [0, 0.05) is 0 Å². The molecule has 0 N–H and O–H groups in total. The van der Waals surface area contributed by atoms with E-state index in [0.717, 1.165) is 5.69 Å². The third kappa shape index (κ3) is 1.25. The molecule has 0 radical (unpaired) electrons. The summed E-state index contributed by atoms with van der Waals surface area (Å²) in [5.74, 6) is 0. The van der Waals surface area contributed by atoms with E-state index in [-0.39, 0.29) is 0 Å². The van der Waals surface area contributed by atoms with Gasteiger partial charge in [-0.15, -0.1) is 5.10 Å². The van der Waals surface area contributed by atoms with Crippen molar-refractivity contribution in [3.05, 3.63) is 29.8 Å². The van der Waals surface area contributed by atoms with E-state index in [1.165, 1.54) is 12.0 Å². The number of anilines is 1. The maximum Gasteiger partial charge on any atom is 0.195 e. The molecule has 1 aliphatic heterocycles. The van der Waals surface area contributed by atoms with Crippen LogP contribution in [0.5, 0.6) is 0 Å². The molecular formula is C9H10N2O. The Morgan fingerprint density at radius 2 is 2.08 bits per heavy atom. The monoisotopic (exact) mass is 162 g/mol. The van der Waals surface area contributed by atoms with Gasteiger partial charge in [-0.2, -0.15) is 0 Å². The lowest BCUT2D eigenvalue weighted by Gasteiger charge is -2.10. The van der Waals surface area contributed by atoms with Crippen molar-refractivity contribution in [1.82, 2.24) is 0 Å². The molecule has 0 unspecified atom stereocenters. The number of hydrogen-bond donors (Lipinski definition) is 0. The summed E-state index contributed by atoms with van der Waals surface area (Å²) in [5.41, 5.74) is 2.32.